The Morgan fingerprint density at radius 2 is 1.79 bits per heavy atom. The summed E-state index contributed by atoms with van der Waals surface area (Å²) in [5.74, 6) is 0.507. The van der Waals surface area contributed by atoms with Gasteiger partial charge in [0.1, 0.15) is 0 Å². The molecule has 0 fully saturated rings. The van der Waals surface area contributed by atoms with Crippen LogP contribution in [0.4, 0.5) is 8.78 Å². The lowest BCUT2D eigenvalue weighted by molar-refractivity contribution is -0.248. The summed E-state index contributed by atoms with van der Waals surface area (Å²) < 4.78 is 30.7. The van der Waals surface area contributed by atoms with Gasteiger partial charge in [0.2, 0.25) is 0 Å². The zero-order valence-corrected chi connectivity index (χ0v) is 9.65. The molecule has 0 amide bonds. The van der Waals surface area contributed by atoms with Crippen LogP contribution < -0.4 is 0 Å². The van der Waals surface area contributed by atoms with E-state index in [4.69, 9.17) is 0 Å². The second kappa shape index (κ2) is 6.33. The summed E-state index contributed by atoms with van der Waals surface area (Å²) >= 11 is 0. The van der Waals surface area contributed by atoms with Crippen LogP contribution in [0.25, 0.3) is 0 Å². The maximum atomic E-state index is 13.1. The molecule has 3 heteroatoms. The van der Waals surface area contributed by atoms with Crippen molar-refractivity contribution in [1.29, 1.82) is 0 Å². The molecule has 0 N–H and O–H groups in total. The molecule has 1 nitrogen and oxygen atoms in total. The molecule has 86 valence electrons. The molecular formula is C11H22F2O. The van der Waals surface area contributed by atoms with Gasteiger partial charge in [-0.3, -0.25) is 0 Å². The molecule has 0 heterocycles. The highest BCUT2D eigenvalue weighted by Crippen LogP contribution is 2.25. The van der Waals surface area contributed by atoms with Crippen LogP contribution in [0.2, 0.25) is 0 Å². The lowest BCUT2D eigenvalue weighted by atomic mass is 10.1. The third kappa shape index (κ3) is 7.25. The van der Waals surface area contributed by atoms with Crippen LogP contribution in [-0.2, 0) is 4.74 Å². The Morgan fingerprint density at radius 3 is 2.21 bits per heavy atom. The second-order valence-corrected chi connectivity index (χ2v) is 4.39. The SMILES string of the molecule is CCC(C)COC(F)(F)CCC(C)C. The van der Waals surface area contributed by atoms with E-state index in [1.165, 1.54) is 0 Å². The lowest BCUT2D eigenvalue weighted by Crippen LogP contribution is -2.24. The molecule has 14 heavy (non-hydrogen) atoms. The Kier molecular flexibility index (Phi) is 6.25. The molecular weight excluding hydrogens is 186 g/mol. The summed E-state index contributed by atoms with van der Waals surface area (Å²) in [6.45, 7) is 7.91. The van der Waals surface area contributed by atoms with E-state index in [0.29, 0.717) is 12.3 Å². The first-order valence-electron chi connectivity index (χ1n) is 5.39. The first-order chi connectivity index (χ1) is 6.37. The number of halogens is 2. The first-order valence-corrected chi connectivity index (χ1v) is 5.39. The van der Waals surface area contributed by atoms with Gasteiger partial charge in [-0.05, 0) is 18.3 Å². The second-order valence-electron chi connectivity index (χ2n) is 4.39. The molecule has 0 saturated heterocycles. The van der Waals surface area contributed by atoms with Crippen LogP contribution in [0.15, 0.2) is 0 Å². The molecule has 0 aromatic carbocycles. The number of rotatable bonds is 7. The molecule has 0 rings (SSSR count). The van der Waals surface area contributed by atoms with E-state index in [1.807, 2.05) is 27.7 Å². The topological polar surface area (TPSA) is 9.23 Å². The van der Waals surface area contributed by atoms with Crippen molar-refractivity contribution >= 4 is 0 Å². The summed E-state index contributed by atoms with van der Waals surface area (Å²) in [7, 11) is 0. The highest BCUT2D eigenvalue weighted by atomic mass is 19.3. The largest absolute Gasteiger partial charge is 0.355 e. The predicted molar refractivity (Wildman–Crippen MR) is 54.4 cm³/mol. The fourth-order valence-electron chi connectivity index (χ4n) is 0.911. The van der Waals surface area contributed by atoms with Crippen LogP contribution in [0.1, 0.15) is 47.0 Å². The van der Waals surface area contributed by atoms with Gasteiger partial charge in [0.05, 0.1) is 6.61 Å². The quantitative estimate of drug-likeness (QED) is 0.612. The summed E-state index contributed by atoms with van der Waals surface area (Å²) in [6, 6.07) is 0. The number of hydrogen-bond acceptors (Lipinski definition) is 1. The molecule has 0 spiro atoms. The van der Waals surface area contributed by atoms with E-state index in [1.54, 1.807) is 0 Å². The Bertz CT molecular complexity index is 146. The minimum Gasteiger partial charge on any atom is -0.320 e. The van der Waals surface area contributed by atoms with E-state index in [-0.39, 0.29) is 18.9 Å². The van der Waals surface area contributed by atoms with Gasteiger partial charge in [-0.25, -0.2) is 0 Å². The summed E-state index contributed by atoms with van der Waals surface area (Å²) in [5.41, 5.74) is 0. The zero-order chi connectivity index (χ0) is 11.2. The average molecular weight is 208 g/mol. The Labute approximate surface area is 85.8 Å². The molecule has 0 aromatic heterocycles. The van der Waals surface area contributed by atoms with Crippen molar-refractivity contribution in [3.8, 4) is 0 Å². The fraction of sp³-hybridized carbons (Fsp3) is 1.00. The molecule has 0 saturated carbocycles. The van der Waals surface area contributed by atoms with E-state index < -0.39 is 6.11 Å². The highest BCUT2D eigenvalue weighted by Gasteiger charge is 2.29. The minimum absolute atomic E-state index is 0.154. The summed E-state index contributed by atoms with van der Waals surface area (Å²) in [4.78, 5) is 0. The molecule has 0 radical (unpaired) electrons. The molecule has 0 aliphatic heterocycles. The number of ether oxygens (including phenoxy) is 1. The van der Waals surface area contributed by atoms with Gasteiger partial charge in [0.25, 0.3) is 0 Å². The van der Waals surface area contributed by atoms with Crippen molar-refractivity contribution in [1.82, 2.24) is 0 Å². The Balaban J connectivity index is 3.71. The normalized spacial score (nSPS) is 14.8. The average Bonchev–Trinajstić information content (AvgIpc) is 2.11. The third-order valence-corrected chi connectivity index (χ3v) is 2.29. The zero-order valence-electron chi connectivity index (χ0n) is 9.65. The van der Waals surface area contributed by atoms with Crippen LogP contribution in [0, 0.1) is 11.8 Å². The fourth-order valence-corrected chi connectivity index (χ4v) is 0.911. The molecule has 0 aliphatic carbocycles. The van der Waals surface area contributed by atoms with Gasteiger partial charge in [-0.15, -0.1) is 0 Å². The van der Waals surface area contributed by atoms with Crippen molar-refractivity contribution in [2.75, 3.05) is 6.61 Å². The monoisotopic (exact) mass is 208 g/mol. The third-order valence-electron chi connectivity index (χ3n) is 2.29. The number of hydrogen-bond donors (Lipinski definition) is 0. The van der Waals surface area contributed by atoms with Gasteiger partial charge in [0, 0.05) is 6.42 Å². The maximum Gasteiger partial charge on any atom is 0.355 e. The lowest BCUT2D eigenvalue weighted by Gasteiger charge is -2.19. The first kappa shape index (κ1) is 13.8. The smallest absolute Gasteiger partial charge is 0.320 e. The van der Waals surface area contributed by atoms with E-state index in [9.17, 15) is 8.78 Å². The Morgan fingerprint density at radius 1 is 1.21 bits per heavy atom. The highest BCUT2D eigenvalue weighted by molar-refractivity contribution is 4.57. The minimum atomic E-state index is -2.94. The Hall–Kier alpha value is -0.180. The van der Waals surface area contributed by atoms with Gasteiger partial charge < -0.3 is 4.74 Å². The van der Waals surface area contributed by atoms with Crippen molar-refractivity contribution in [2.24, 2.45) is 11.8 Å². The molecule has 1 atom stereocenters. The summed E-state index contributed by atoms with van der Waals surface area (Å²) in [5, 5.41) is 0. The van der Waals surface area contributed by atoms with Crippen molar-refractivity contribution in [3.63, 3.8) is 0 Å². The number of alkyl halides is 2. The van der Waals surface area contributed by atoms with Crippen LogP contribution in [-0.4, -0.2) is 12.7 Å². The van der Waals surface area contributed by atoms with E-state index in [2.05, 4.69) is 4.74 Å². The molecule has 0 bridgehead atoms. The van der Waals surface area contributed by atoms with Gasteiger partial charge in [0.15, 0.2) is 0 Å². The van der Waals surface area contributed by atoms with Crippen molar-refractivity contribution in [3.05, 3.63) is 0 Å². The maximum absolute atomic E-state index is 13.1. The van der Waals surface area contributed by atoms with Gasteiger partial charge in [-0.1, -0.05) is 34.1 Å². The molecule has 0 aliphatic rings. The van der Waals surface area contributed by atoms with Crippen molar-refractivity contribution in [2.45, 2.75) is 53.1 Å². The van der Waals surface area contributed by atoms with Crippen molar-refractivity contribution < 1.29 is 13.5 Å². The van der Waals surface area contributed by atoms with E-state index >= 15 is 0 Å². The summed E-state index contributed by atoms with van der Waals surface area (Å²) in [6.07, 6.45) is -1.72. The van der Waals surface area contributed by atoms with Gasteiger partial charge in [-0.2, -0.15) is 8.78 Å². The van der Waals surface area contributed by atoms with E-state index in [0.717, 1.165) is 6.42 Å². The standard InChI is InChI=1S/C11H22F2O/c1-5-10(4)8-14-11(12,13)7-6-9(2)3/h9-10H,5-8H2,1-4H3. The predicted octanol–water partition coefficient (Wildman–Crippen LogP) is 4.08. The van der Waals surface area contributed by atoms with Gasteiger partial charge >= 0.3 is 6.11 Å². The van der Waals surface area contributed by atoms with Crippen LogP contribution >= 0.6 is 0 Å². The molecule has 0 aromatic rings. The van der Waals surface area contributed by atoms with Crippen LogP contribution in [0.3, 0.4) is 0 Å². The molecule has 1 unspecified atom stereocenters. The van der Waals surface area contributed by atoms with Crippen LogP contribution in [0.5, 0.6) is 0 Å².